The van der Waals surface area contributed by atoms with Crippen LogP contribution in [0.1, 0.15) is 194 Å². The van der Waals surface area contributed by atoms with Crippen LogP contribution in [0.25, 0.3) is 0 Å². The highest BCUT2D eigenvalue weighted by molar-refractivity contribution is 5.70. The molecular formula is C53H94O15. The molecule has 2 saturated heterocycles. The second kappa shape index (κ2) is 40.3. The van der Waals surface area contributed by atoms with Gasteiger partial charge in [-0.05, 0) is 64.2 Å². The summed E-state index contributed by atoms with van der Waals surface area (Å²) in [5.41, 5.74) is 0. The zero-order valence-electron chi connectivity index (χ0n) is 41.8. The molecule has 2 aliphatic heterocycles. The summed E-state index contributed by atoms with van der Waals surface area (Å²) in [6.07, 6.45) is 26.1. The predicted molar refractivity (Wildman–Crippen MR) is 261 cm³/mol. The highest BCUT2D eigenvalue weighted by Crippen LogP contribution is 2.26. The van der Waals surface area contributed by atoms with Crippen molar-refractivity contribution < 1.29 is 73.8 Å². The number of allylic oxidation sites excluding steroid dienone is 6. The summed E-state index contributed by atoms with van der Waals surface area (Å²) in [5, 5.41) is 72.1. The minimum Gasteiger partial charge on any atom is -0.462 e. The molecule has 0 aromatic carbocycles. The second-order valence-corrected chi connectivity index (χ2v) is 18.7. The van der Waals surface area contributed by atoms with E-state index in [1.54, 1.807) is 0 Å². The van der Waals surface area contributed by atoms with E-state index in [1.807, 2.05) is 6.08 Å². The average molecular weight is 971 g/mol. The highest BCUT2D eigenvalue weighted by Gasteiger charge is 2.47. The highest BCUT2D eigenvalue weighted by atomic mass is 16.7. The lowest BCUT2D eigenvalue weighted by Gasteiger charge is -2.42. The quantitative estimate of drug-likeness (QED) is 0.0177. The largest absolute Gasteiger partial charge is 0.462 e. The smallest absolute Gasteiger partial charge is 0.306 e. The van der Waals surface area contributed by atoms with Gasteiger partial charge in [-0.3, -0.25) is 9.59 Å². The SMILES string of the molecule is CCCCCCCC/C=C/CCCCCCCC(=O)O[C@@H](COC(=O)CCC/C=C/C/C=C/CCCCCCCCCCC)CO[C@@H]1O[C@H](CO[C@@H]2O[C@H](CO)[C@H](O)C(O)C2O)[C@H](O)C(O)C1O. The number of rotatable bonds is 41. The van der Waals surface area contributed by atoms with E-state index in [9.17, 15) is 45.3 Å². The van der Waals surface area contributed by atoms with Crippen molar-refractivity contribution in [3.05, 3.63) is 36.5 Å². The fourth-order valence-electron chi connectivity index (χ4n) is 8.19. The molecule has 0 aromatic rings. The van der Waals surface area contributed by atoms with Gasteiger partial charge >= 0.3 is 11.9 Å². The zero-order valence-corrected chi connectivity index (χ0v) is 41.8. The summed E-state index contributed by atoms with van der Waals surface area (Å²) in [4.78, 5) is 25.8. The number of esters is 2. The summed E-state index contributed by atoms with van der Waals surface area (Å²) in [5.74, 6) is -0.985. The summed E-state index contributed by atoms with van der Waals surface area (Å²) >= 11 is 0. The normalized spacial score (nSPS) is 26.0. The molecule has 0 aromatic heterocycles. The maximum Gasteiger partial charge on any atom is 0.306 e. The second-order valence-electron chi connectivity index (χ2n) is 18.7. The first-order valence-electron chi connectivity index (χ1n) is 26.6. The van der Waals surface area contributed by atoms with Crippen LogP contribution in [0.2, 0.25) is 0 Å². The first-order chi connectivity index (χ1) is 33.0. The molecule has 15 nitrogen and oxygen atoms in total. The van der Waals surface area contributed by atoms with Gasteiger partial charge in [-0.1, -0.05) is 153 Å². The van der Waals surface area contributed by atoms with Crippen molar-refractivity contribution >= 4 is 11.9 Å². The van der Waals surface area contributed by atoms with E-state index in [0.29, 0.717) is 19.3 Å². The van der Waals surface area contributed by atoms with Crippen molar-refractivity contribution in [3.63, 3.8) is 0 Å². The zero-order chi connectivity index (χ0) is 49.6. The molecular weight excluding hydrogens is 877 g/mol. The van der Waals surface area contributed by atoms with Gasteiger partial charge in [0.05, 0.1) is 19.8 Å². The van der Waals surface area contributed by atoms with E-state index in [2.05, 4.69) is 44.2 Å². The lowest BCUT2D eigenvalue weighted by Crippen LogP contribution is -2.61. The summed E-state index contributed by atoms with van der Waals surface area (Å²) in [7, 11) is 0. The molecule has 2 rings (SSSR count). The van der Waals surface area contributed by atoms with E-state index < -0.39 is 99.3 Å². The lowest BCUT2D eigenvalue weighted by atomic mass is 9.98. The van der Waals surface area contributed by atoms with Crippen molar-refractivity contribution in [2.45, 2.75) is 261 Å². The van der Waals surface area contributed by atoms with Gasteiger partial charge in [-0.2, -0.15) is 0 Å². The Kier molecular flexibility index (Phi) is 36.7. The maximum atomic E-state index is 13.0. The Morgan fingerprint density at radius 1 is 0.471 bits per heavy atom. The van der Waals surface area contributed by atoms with Crippen molar-refractivity contribution in [2.24, 2.45) is 0 Å². The van der Waals surface area contributed by atoms with E-state index in [-0.39, 0.29) is 19.4 Å². The van der Waals surface area contributed by atoms with Crippen LogP contribution in [0.3, 0.4) is 0 Å². The molecule has 0 aliphatic carbocycles. The molecule has 0 bridgehead atoms. The lowest BCUT2D eigenvalue weighted by molar-refractivity contribution is -0.332. The Bertz CT molecular complexity index is 1330. The molecule has 0 amide bonds. The Labute approximate surface area is 408 Å². The van der Waals surface area contributed by atoms with Crippen LogP contribution < -0.4 is 0 Å². The van der Waals surface area contributed by atoms with Crippen molar-refractivity contribution in [1.82, 2.24) is 0 Å². The molecule has 0 radical (unpaired) electrons. The van der Waals surface area contributed by atoms with Crippen molar-refractivity contribution in [1.29, 1.82) is 0 Å². The molecule has 0 saturated carbocycles. The fraction of sp³-hybridized carbons (Fsp3) is 0.849. The van der Waals surface area contributed by atoms with E-state index in [4.69, 9.17) is 28.4 Å². The van der Waals surface area contributed by atoms with Crippen LogP contribution in [0.5, 0.6) is 0 Å². The monoisotopic (exact) mass is 971 g/mol. The van der Waals surface area contributed by atoms with Crippen LogP contribution in [0.4, 0.5) is 0 Å². The number of hydrogen-bond donors (Lipinski definition) is 7. The van der Waals surface area contributed by atoms with Gasteiger partial charge in [0.1, 0.15) is 55.4 Å². The number of aliphatic hydroxyl groups excluding tert-OH is 7. The number of aliphatic hydroxyl groups is 7. The van der Waals surface area contributed by atoms with Gasteiger partial charge in [-0.15, -0.1) is 0 Å². The van der Waals surface area contributed by atoms with Gasteiger partial charge in [0.15, 0.2) is 18.7 Å². The van der Waals surface area contributed by atoms with E-state index in [0.717, 1.165) is 51.4 Å². The van der Waals surface area contributed by atoms with Crippen molar-refractivity contribution in [3.8, 4) is 0 Å². The summed E-state index contributed by atoms with van der Waals surface area (Å²) in [6.45, 7) is 2.54. The molecule has 396 valence electrons. The third-order valence-corrected chi connectivity index (χ3v) is 12.6. The van der Waals surface area contributed by atoms with Crippen LogP contribution >= 0.6 is 0 Å². The molecule has 0 spiro atoms. The fourth-order valence-corrected chi connectivity index (χ4v) is 8.19. The van der Waals surface area contributed by atoms with Gasteiger partial charge in [0.2, 0.25) is 0 Å². The molecule has 4 unspecified atom stereocenters. The van der Waals surface area contributed by atoms with Crippen LogP contribution in [0, 0.1) is 0 Å². The van der Waals surface area contributed by atoms with Gasteiger partial charge in [0.25, 0.3) is 0 Å². The molecule has 2 heterocycles. The number of carbonyl (C=O) groups excluding carboxylic acids is 2. The summed E-state index contributed by atoms with van der Waals surface area (Å²) < 4.78 is 33.5. The first kappa shape index (κ1) is 61.8. The van der Waals surface area contributed by atoms with Gasteiger partial charge in [0, 0.05) is 12.8 Å². The Balaban J connectivity index is 1.82. The predicted octanol–water partition coefficient (Wildman–Crippen LogP) is 7.71. The van der Waals surface area contributed by atoms with E-state index in [1.165, 1.54) is 96.3 Å². The molecule has 2 aliphatic rings. The number of unbranched alkanes of at least 4 members (excludes halogenated alkanes) is 21. The number of carbonyl (C=O) groups is 2. The van der Waals surface area contributed by atoms with Crippen LogP contribution in [-0.4, -0.2) is 142 Å². The topological polar surface area (TPSA) is 231 Å². The summed E-state index contributed by atoms with van der Waals surface area (Å²) in [6, 6.07) is 0. The number of ether oxygens (including phenoxy) is 6. The van der Waals surface area contributed by atoms with E-state index >= 15 is 0 Å². The Hall–Kier alpha value is -2.28. The molecule has 15 heteroatoms. The average Bonchev–Trinajstić information content (AvgIpc) is 3.33. The third-order valence-electron chi connectivity index (χ3n) is 12.6. The van der Waals surface area contributed by atoms with Gasteiger partial charge in [-0.25, -0.2) is 0 Å². The third kappa shape index (κ3) is 27.9. The first-order valence-corrected chi connectivity index (χ1v) is 26.6. The standard InChI is InChI=1S/C53H94O15/c1-3-5-7-9-11-13-15-17-19-20-22-23-25-27-29-31-33-35-44(55)63-38-41(66-45(56)36-34-32-30-28-26-24-21-18-16-14-12-10-8-6-4-2)39-64-52-51(62)49(60)47(58)43(68-52)40-65-53-50(61)48(59)46(57)42(37-54)67-53/h18,21-23,27,29,41-43,46-54,57-62H,3-17,19-20,24-26,28,30-40H2,1-2H3/b21-18+,23-22+,29-27+/t41-,42+,43+,46-,47-,48?,49?,50?,51?,52+,53+/m0/s1. The van der Waals surface area contributed by atoms with Gasteiger partial charge < -0.3 is 64.2 Å². The molecule has 7 N–H and O–H groups in total. The maximum absolute atomic E-state index is 13.0. The minimum atomic E-state index is -1.77. The molecule has 2 fully saturated rings. The molecule has 68 heavy (non-hydrogen) atoms. The Morgan fingerprint density at radius 3 is 1.43 bits per heavy atom. The van der Waals surface area contributed by atoms with Crippen molar-refractivity contribution in [2.75, 3.05) is 26.4 Å². The minimum absolute atomic E-state index is 0.147. The Morgan fingerprint density at radius 2 is 0.897 bits per heavy atom. The number of hydrogen-bond acceptors (Lipinski definition) is 15. The van der Waals surface area contributed by atoms with Crippen LogP contribution in [0.15, 0.2) is 36.5 Å². The molecule has 11 atom stereocenters. The van der Waals surface area contributed by atoms with Crippen LogP contribution in [-0.2, 0) is 38.0 Å².